The van der Waals surface area contributed by atoms with Crippen LogP contribution in [0.3, 0.4) is 0 Å². The van der Waals surface area contributed by atoms with Crippen molar-refractivity contribution in [1.29, 1.82) is 0 Å². The number of hydrazine groups is 1. The molecule has 15 nitrogen and oxygen atoms in total. The molecule has 0 spiro atoms. The Kier molecular flexibility index (Phi) is 14.2. The van der Waals surface area contributed by atoms with Gasteiger partial charge in [-0.2, -0.15) is 0 Å². The van der Waals surface area contributed by atoms with E-state index in [1.165, 1.54) is 9.91 Å². The quantitative estimate of drug-likeness (QED) is 0.189. The zero-order valence-electron chi connectivity index (χ0n) is 37.7. The highest BCUT2D eigenvalue weighted by Gasteiger charge is 2.38. The third-order valence-electron chi connectivity index (χ3n) is 12.5. The Morgan fingerprint density at radius 3 is 2.59 bits per heavy atom. The number of phenols is 1. The number of aromatic hydroxyl groups is 1. The van der Waals surface area contributed by atoms with Crippen LogP contribution in [0.1, 0.15) is 64.2 Å². The first kappa shape index (κ1) is 45.7. The molecule has 3 aliphatic rings. The van der Waals surface area contributed by atoms with Crippen LogP contribution in [0.15, 0.2) is 54.9 Å². The minimum absolute atomic E-state index is 0.00896. The number of cyclic esters (lactones) is 1. The summed E-state index contributed by atoms with van der Waals surface area (Å²) in [4.78, 5) is 64.5. The molecule has 0 saturated carbocycles. The molecule has 7 rings (SSSR count). The summed E-state index contributed by atoms with van der Waals surface area (Å²) in [5.74, 6) is -1.87. The third kappa shape index (κ3) is 10.2. The van der Waals surface area contributed by atoms with Crippen molar-refractivity contribution >= 4 is 34.6 Å². The molecule has 1 unspecified atom stereocenters. The van der Waals surface area contributed by atoms with Crippen LogP contribution in [0.4, 0.5) is 0 Å². The first-order valence-corrected chi connectivity index (χ1v) is 22.2. The molecule has 3 amide bonds. The van der Waals surface area contributed by atoms with Gasteiger partial charge >= 0.3 is 5.97 Å². The Morgan fingerprint density at radius 2 is 1.86 bits per heavy atom. The Balaban J connectivity index is 1.31. The normalized spacial score (nSPS) is 20.3. The fourth-order valence-corrected chi connectivity index (χ4v) is 9.33. The average Bonchev–Trinajstić information content (AvgIpc) is 3.56. The molecule has 63 heavy (non-hydrogen) atoms. The number of ether oxygens (including phenoxy) is 3. The molecule has 3 atom stereocenters. The van der Waals surface area contributed by atoms with Crippen molar-refractivity contribution in [2.75, 3.05) is 60.2 Å². The Hall–Kier alpha value is -5.35. The van der Waals surface area contributed by atoms with Crippen molar-refractivity contribution in [2.45, 2.75) is 91.6 Å². The molecular formula is C48H63N7O8. The van der Waals surface area contributed by atoms with Gasteiger partial charge in [-0.25, -0.2) is 5.43 Å². The smallest absolute Gasteiger partial charge is 0.324 e. The fraction of sp³-hybridized carbons (Fsp3) is 0.521. The Labute approximate surface area is 370 Å². The lowest BCUT2D eigenvalue weighted by atomic mass is 9.84. The van der Waals surface area contributed by atoms with Crippen LogP contribution in [0.2, 0.25) is 0 Å². The van der Waals surface area contributed by atoms with E-state index in [1.807, 2.05) is 43.1 Å². The van der Waals surface area contributed by atoms with Gasteiger partial charge in [0.05, 0.1) is 38.7 Å². The van der Waals surface area contributed by atoms with Gasteiger partial charge in [-0.1, -0.05) is 39.8 Å². The highest BCUT2D eigenvalue weighted by atomic mass is 16.5. The molecule has 2 aromatic carbocycles. The van der Waals surface area contributed by atoms with Gasteiger partial charge in [0, 0.05) is 81.0 Å². The molecule has 2 saturated heterocycles. The minimum Gasteiger partial charge on any atom is -0.508 e. The van der Waals surface area contributed by atoms with E-state index >= 15 is 0 Å². The van der Waals surface area contributed by atoms with Gasteiger partial charge in [0.25, 0.3) is 5.91 Å². The van der Waals surface area contributed by atoms with Crippen molar-refractivity contribution in [1.82, 2.24) is 35.1 Å². The number of methoxy groups -OCH3 is 1. The number of hydrogen-bond acceptors (Lipinski definition) is 11. The van der Waals surface area contributed by atoms with Gasteiger partial charge in [-0.05, 0) is 90.3 Å². The van der Waals surface area contributed by atoms with E-state index in [-0.39, 0.29) is 37.1 Å². The lowest BCUT2D eigenvalue weighted by Gasteiger charge is -2.37. The number of amides is 3. The first-order valence-electron chi connectivity index (χ1n) is 22.2. The summed E-state index contributed by atoms with van der Waals surface area (Å²) >= 11 is 0. The van der Waals surface area contributed by atoms with Crippen LogP contribution in [0.5, 0.6) is 5.75 Å². The monoisotopic (exact) mass is 865 g/mol. The summed E-state index contributed by atoms with van der Waals surface area (Å²) < 4.78 is 19.5. The second-order valence-electron chi connectivity index (χ2n) is 18.3. The van der Waals surface area contributed by atoms with Crippen molar-refractivity contribution < 1.29 is 38.5 Å². The molecule has 2 aromatic heterocycles. The van der Waals surface area contributed by atoms with Crippen molar-refractivity contribution in [3.63, 3.8) is 0 Å². The summed E-state index contributed by atoms with van der Waals surface area (Å²) in [6.07, 6.45) is 5.23. The molecule has 5 heterocycles. The number of esters is 1. The topological polar surface area (TPSA) is 168 Å². The molecule has 15 heteroatoms. The highest BCUT2D eigenvalue weighted by molar-refractivity contribution is 5.96. The predicted octanol–water partition coefficient (Wildman–Crippen LogP) is 4.71. The zero-order chi connectivity index (χ0) is 45.0. The number of benzene rings is 2. The van der Waals surface area contributed by atoms with Crippen LogP contribution in [0, 0.1) is 11.3 Å². The van der Waals surface area contributed by atoms with Gasteiger partial charge in [0.15, 0.2) is 0 Å². The Morgan fingerprint density at radius 1 is 1.08 bits per heavy atom. The highest BCUT2D eigenvalue weighted by Crippen LogP contribution is 2.41. The van der Waals surface area contributed by atoms with E-state index < -0.39 is 41.3 Å². The molecular weight excluding hydrogens is 803 g/mol. The standard InChI is InChI=1S/C48H63N7O8/c1-8-54-41-12-11-32-24-36(41)37(44(54)38-26-49-14-13-33(38)28-61-7)25-48(4,5)29-63-47(60)39-10-9-15-55(51-39)46(59)40(22-31-20-34(32)23-35(56)21-31)50-45(58)43(30(2)3)52(6)42(57)27-53-16-18-62-19-17-53/h11-14,20-21,23-24,26,30,39-40,43,51,56H,8-10,15-19,22,25,27-29H2,1-7H3,(H,50,58)/t39-,40-,43?/m0/s1. The molecule has 2 fully saturated rings. The number of nitrogens with one attached hydrogen (secondary N) is 2. The molecule has 0 radical (unpaired) electrons. The average molecular weight is 866 g/mol. The lowest BCUT2D eigenvalue weighted by molar-refractivity contribution is -0.155. The maximum absolute atomic E-state index is 14.6. The van der Waals surface area contributed by atoms with Crippen molar-refractivity contribution in [2.24, 2.45) is 11.3 Å². The predicted molar refractivity (Wildman–Crippen MR) is 239 cm³/mol. The lowest BCUT2D eigenvalue weighted by Crippen LogP contribution is -2.62. The van der Waals surface area contributed by atoms with Crippen LogP contribution in [0.25, 0.3) is 33.3 Å². The van der Waals surface area contributed by atoms with E-state index in [0.29, 0.717) is 70.8 Å². The van der Waals surface area contributed by atoms with Crippen LogP contribution in [-0.4, -0.2) is 131 Å². The molecule has 3 N–H and O–H groups in total. The van der Waals surface area contributed by atoms with Crippen molar-refractivity contribution in [3.05, 3.63) is 71.5 Å². The van der Waals surface area contributed by atoms with Gasteiger partial charge in [0.2, 0.25) is 11.8 Å². The molecule has 0 aliphatic carbocycles. The minimum atomic E-state index is -1.12. The van der Waals surface area contributed by atoms with Crippen LogP contribution >= 0.6 is 0 Å². The number of aromatic nitrogens is 2. The van der Waals surface area contributed by atoms with Crippen molar-refractivity contribution in [3.8, 4) is 28.1 Å². The molecule has 6 bridgehead atoms. The number of rotatable bonds is 10. The SMILES string of the molecule is CCn1c(-c2cnccc2COC)c2c3cc(ccc31)-c1cc(O)cc(c1)C[C@H](NC(=O)C(C(C)C)N(C)C(=O)CN1CCOCC1)C(=O)N1CCC[C@H](N1)C(=O)OCC(C)(C)C2. The number of pyridine rings is 1. The molecule has 3 aliphatic heterocycles. The van der Waals surface area contributed by atoms with E-state index in [2.05, 4.69) is 53.2 Å². The van der Waals surface area contributed by atoms with E-state index in [9.17, 15) is 24.3 Å². The van der Waals surface area contributed by atoms with Gasteiger partial charge in [0.1, 0.15) is 23.9 Å². The summed E-state index contributed by atoms with van der Waals surface area (Å²) in [6.45, 7) is 14.0. The second-order valence-corrected chi connectivity index (χ2v) is 18.3. The van der Waals surface area contributed by atoms with E-state index in [0.717, 1.165) is 44.4 Å². The number of phenolic OH excluding ortho intramolecular Hbond substituents is 1. The summed E-state index contributed by atoms with van der Waals surface area (Å²) in [5.41, 5.74) is 9.88. The maximum atomic E-state index is 14.6. The summed E-state index contributed by atoms with van der Waals surface area (Å²) in [6, 6.07) is 10.7. The first-order chi connectivity index (χ1) is 30.2. The Bertz CT molecular complexity index is 2320. The summed E-state index contributed by atoms with van der Waals surface area (Å²) in [7, 11) is 3.30. The molecule has 4 aromatic rings. The van der Waals surface area contributed by atoms with Gasteiger partial charge in [-0.15, -0.1) is 0 Å². The number of carbonyl (C=O) groups excluding carboxylic acids is 4. The zero-order valence-corrected chi connectivity index (χ0v) is 37.7. The third-order valence-corrected chi connectivity index (χ3v) is 12.5. The largest absolute Gasteiger partial charge is 0.508 e. The maximum Gasteiger partial charge on any atom is 0.324 e. The van der Waals surface area contributed by atoms with E-state index in [4.69, 9.17) is 14.2 Å². The number of aryl methyl sites for hydroxylation is 1. The number of fused-ring (bicyclic) bond motifs is 6. The van der Waals surface area contributed by atoms with Crippen LogP contribution in [-0.2, 0) is 59.4 Å². The number of hydrogen-bond donors (Lipinski definition) is 3. The fourth-order valence-electron chi connectivity index (χ4n) is 9.33. The summed E-state index contributed by atoms with van der Waals surface area (Å²) in [5, 5.41) is 16.7. The van der Waals surface area contributed by atoms with E-state index in [1.54, 1.807) is 32.5 Å². The number of nitrogens with zero attached hydrogens (tertiary/aromatic N) is 5. The second kappa shape index (κ2) is 19.6. The number of morpholine rings is 1. The van der Waals surface area contributed by atoms with Gasteiger partial charge < -0.3 is 34.1 Å². The van der Waals surface area contributed by atoms with Crippen LogP contribution < -0.4 is 10.7 Å². The number of carbonyl (C=O) groups is 4. The number of likely N-dealkylation sites (N-methyl/N-ethyl adjacent to an activating group) is 1. The molecule has 338 valence electrons. The van der Waals surface area contributed by atoms with Gasteiger partial charge in [-0.3, -0.25) is 34.1 Å².